The van der Waals surface area contributed by atoms with Crippen molar-refractivity contribution < 1.29 is 4.74 Å². The van der Waals surface area contributed by atoms with Gasteiger partial charge in [0, 0.05) is 6.04 Å². The highest BCUT2D eigenvalue weighted by Crippen LogP contribution is 2.40. The van der Waals surface area contributed by atoms with Crippen LogP contribution in [0.15, 0.2) is 18.2 Å². The molecule has 2 heteroatoms. The number of ether oxygens (including phenoxy) is 1. The fourth-order valence-electron chi connectivity index (χ4n) is 3.86. The van der Waals surface area contributed by atoms with Gasteiger partial charge in [0.05, 0.1) is 6.10 Å². The van der Waals surface area contributed by atoms with Gasteiger partial charge in [0.25, 0.3) is 0 Å². The third-order valence-corrected chi connectivity index (χ3v) is 4.92. The zero-order valence-corrected chi connectivity index (χ0v) is 13.1. The lowest BCUT2D eigenvalue weighted by Crippen LogP contribution is -2.26. The second-order valence-electron chi connectivity index (χ2n) is 6.78. The zero-order chi connectivity index (χ0) is 14.1. The molecule has 1 aromatic rings. The van der Waals surface area contributed by atoms with Gasteiger partial charge >= 0.3 is 0 Å². The van der Waals surface area contributed by atoms with Crippen LogP contribution in [0.3, 0.4) is 0 Å². The maximum Gasteiger partial charge on any atom is 0.119 e. The number of hydrogen-bond donors (Lipinski definition) is 0. The summed E-state index contributed by atoms with van der Waals surface area (Å²) in [5.41, 5.74) is 3.11. The predicted molar refractivity (Wildman–Crippen MR) is 83.5 cm³/mol. The summed E-state index contributed by atoms with van der Waals surface area (Å²) in [6.07, 6.45) is 6.91. The van der Waals surface area contributed by atoms with Gasteiger partial charge in [0.1, 0.15) is 5.75 Å². The number of rotatable bonds is 4. The van der Waals surface area contributed by atoms with Crippen LogP contribution < -0.4 is 4.74 Å². The van der Waals surface area contributed by atoms with Crippen molar-refractivity contribution in [3.05, 3.63) is 29.3 Å². The molecule has 1 aliphatic heterocycles. The van der Waals surface area contributed by atoms with Crippen LogP contribution in [0.2, 0.25) is 0 Å². The Balaban J connectivity index is 1.74. The molecular formula is C18H27NO. The standard InChI is InChI=1S/C18H27NO/c1-13(2)20-17-9-8-14-6-7-15(18(14)12-17)11-16-5-4-10-19(16)3/h8-9,12-13,15-16H,4-7,10-11H2,1-3H3/t15-,16-/m1/s1. The summed E-state index contributed by atoms with van der Waals surface area (Å²) in [7, 11) is 2.28. The molecule has 1 saturated heterocycles. The van der Waals surface area contributed by atoms with Crippen molar-refractivity contribution in [2.24, 2.45) is 0 Å². The Morgan fingerprint density at radius 2 is 2.15 bits per heavy atom. The molecule has 0 bridgehead atoms. The number of benzene rings is 1. The third kappa shape index (κ3) is 2.85. The number of likely N-dealkylation sites (tertiary alicyclic amines) is 1. The molecule has 1 aliphatic carbocycles. The number of nitrogens with zero attached hydrogens (tertiary/aromatic N) is 1. The van der Waals surface area contributed by atoms with Crippen LogP contribution >= 0.6 is 0 Å². The molecule has 0 unspecified atom stereocenters. The van der Waals surface area contributed by atoms with E-state index in [2.05, 4.69) is 44.0 Å². The fourth-order valence-corrected chi connectivity index (χ4v) is 3.86. The highest BCUT2D eigenvalue weighted by atomic mass is 16.5. The first-order chi connectivity index (χ1) is 9.63. The third-order valence-electron chi connectivity index (χ3n) is 4.92. The minimum atomic E-state index is 0.258. The van der Waals surface area contributed by atoms with Gasteiger partial charge in [-0.15, -0.1) is 0 Å². The SMILES string of the molecule is CC(C)Oc1ccc2c(c1)[C@@H](C[C@H]1CCCN1C)CC2. The first-order valence-electron chi connectivity index (χ1n) is 8.13. The molecule has 2 nitrogen and oxygen atoms in total. The van der Waals surface area contributed by atoms with Crippen molar-refractivity contribution >= 4 is 0 Å². The first kappa shape index (κ1) is 13.9. The quantitative estimate of drug-likeness (QED) is 0.822. The van der Waals surface area contributed by atoms with E-state index in [1.807, 2.05) is 0 Å². The highest BCUT2D eigenvalue weighted by molar-refractivity contribution is 5.41. The summed E-state index contributed by atoms with van der Waals surface area (Å²) in [5.74, 6) is 1.79. The van der Waals surface area contributed by atoms with Crippen molar-refractivity contribution in [1.82, 2.24) is 4.90 Å². The van der Waals surface area contributed by atoms with E-state index in [0.717, 1.165) is 17.7 Å². The van der Waals surface area contributed by atoms with Gasteiger partial charge in [-0.25, -0.2) is 0 Å². The van der Waals surface area contributed by atoms with E-state index in [0.29, 0.717) is 0 Å². The Kier molecular flexibility index (Phi) is 4.02. The lowest BCUT2D eigenvalue weighted by molar-refractivity contribution is 0.242. The fraction of sp³-hybridized carbons (Fsp3) is 0.667. The molecule has 0 aromatic heterocycles. The van der Waals surface area contributed by atoms with Crippen LogP contribution in [-0.2, 0) is 6.42 Å². The van der Waals surface area contributed by atoms with Gasteiger partial charge in [-0.2, -0.15) is 0 Å². The average Bonchev–Trinajstić information content (AvgIpc) is 2.97. The van der Waals surface area contributed by atoms with Crippen molar-refractivity contribution in [2.75, 3.05) is 13.6 Å². The molecule has 1 heterocycles. The molecule has 1 fully saturated rings. The van der Waals surface area contributed by atoms with Crippen LogP contribution in [0.25, 0.3) is 0 Å². The van der Waals surface area contributed by atoms with E-state index >= 15 is 0 Å². The molecule has 2 atom stereocenters. The van der Waals surface area contributed by atoms with Crippen LogP contribution in [0.5, 0.6) is 5.75 Å². The van der Waals surface area contributed by atoms with E-state index in [-0.39, 0.29) is 6.10 Å². The molecular weight excluding hydrogens is 246 g/mol. The van der Waals surface area contributed by atoms with Gasteiger partial charge in [-0.05, 0) is 88.7 Å². The predicted octanol–water partition coefficient (Wildman–Crippen LogP) is 3.99. The maximum atomic E-state index is 5.87. The summed E-state index contributed by atoms with van der Waals surface area (Å²) in [6.45, 7) is 5.47. The molecule has 0 saturated carbocycles. The second-order valence-corrected chi connectivity index (χ2v) is 6.78. The second kappa shape index (κ2) is 5.77. The number of fused-ring (bicyclic) bond motifs is 1. The van der Waals surface area contributed by atoms with E-state index in [4.69, 9.17) is 4.74 Å². The molecule has 2 aliphatic rings. The molecule has 0 spiro atoms. The Bertz CT molecular complexity index is 468. The average molecular weight is 273 g/mol. The van der Waals surface area contributed by atoms with Gasteiger partial charge in [0.2, 0.25) is 0 Å². The van der Waals surface area contributed by atoms with E-state index in [1.165, 1.54) is 38.6 Å². The number of hydrogen-bond acceptors (Lipinski definition) is 2. The number of aryl methyl sites for hydroxylation is 1. The van der Waals surface area contributed by atoms with Crippen LogP contribution in [0.4, 0.5) is 0 Å². The molecule has 1 aromatic carbocycles. The summed E-state index contributed by atoms with van der Waals surface area (Å²) < 4.78 is 5.87. The van der Waals surface area contributed by atoms with E-state index in [1.54, 1.807) is 11.1 Å². The van der Waals surface area contributed by atoms with Gasteiger partial charge in [-0.1, -0.05) is 6.07 Å². The lowest BCUT2D eigenvalue weighted by atomic mass is 9.92. The van der Waals surface area contributed by atoms with Gasteiger partial charge in [0.15, 0.2) is 0 Å². The Morgan fingerprint density at radius 1 is 1.30 bits per heavy atom. The summed E-state index contributed by atoms with van der Waals surface area (Å²) in [4.78, 5) is 2.55. The normalized spacial score (nSPS) is 26.2. The molecule has 110 valence electrons. The topological polar surface area (TPSA) is 12.5 Å². The zero-order valence-electron chi connectivity index (χ0n) is 13.1. The lowest BCUT2D eigenvalue weighted by Gasteiger charge is -2.23. The van der Waals surface area contributed by atoms with Crippen LogP contribution in [0, 0.1) is 0 Å². The minimum Gasteiger partial charge on any atom is -0.491 e. The van der Waals surface area contributed by atoms with Crippen molar-refractivity contribution in [2.45, 2.75) is 64.0 Å². The Labute approximate surface area is 123 Å². The summed E-state index contributed by atoms with van der Waals surface area (Å²) in [5, 5.41) is 0. The van der Waals surface area contributed by atoms with Gasteiger partial charge < -0.3 is 9.64 Å². The maximum absolute atomic E-state index is 5.87. The summed E-state index contributed by atoms with van der Waals surface area (Å²) in [6, 6.07) is 7.52. The van der Waals surface area contributed by atoms with Crippen LogP contribution in [0.1, 0.15) is 56.6 Å². The molecule has 0 N–H and O–H groups in total. The van der Waals surface area contributed by atoms with E-state index < -0.39 is 0 Å². The van der Waals surface area contributed by atoms with Crippen molar-refractivity contribution in [3.63, 3.8) is 0 Å². The molecule has 20 heavy (non-hydrogen) atoms. The molecule has 3 rings (SSSR count). The minimum absolute atomic E-state index is 0.258. The Hall–Kier alpha value is -1.02. The highest BCUT2D eigenvalue weighted by Gasteiger charge is 2.29. The molecule has 0 radical (unpaired) electrons. The monoisotopic (exact) mass is 273 g/mol. The molecule has 0 amide bonds. The summed E-state index contributed by atoms with van der Waals surface area (Å²) >= 11 is 0. The van der Waals surface area contributed by atoms with Crippen LogP contribution in [-0.4, -0.2) is 30.6 Å². The largest absolute Gasteiger partial charge is 0.491 e. The van der Waals surface area contributed by atoms with Crippen molar-refractivity contribution in [3.8, 4) is 5.75 Å². The van der Waals surface area contributed by atoms with Crippen molar-refractivity contribution in [1.29, 1.82) is 0 Å². The first-order valence-corrected chi connectivity index (χ1v) is 8.13. The Morgan fingerprint density at radius 3 is 2.85 bits per heavy atom. The smallest absolute Gasteiger partial charge is 0.119 e. The van der Waals surface area contributed by atoms with E-state index in [9.17, 15) is 0 Å². The van der Waals surface area contributed by atoms with Gasteiger partial charge in [-0.3, -0.25) is 0 Å².